The lowest BCUT2D eigenvalue weighted by Crippen LogP contribution is -2.36. The molecule has 0 spiro atoms. The fourth-order valence-electron chi connectivity index (χ4n) is 2.56. The average molecular weight is 342 g/mol. The van der Waals surface area contributed by atoms with E-state index in [0.29, 0.717) is 5.56 Å². The van der Waals surface area contributed by atoms with Gasteiger partial charge in [-0.2, -0.15) is 0 Å². The Bertz CT molecular complexity index is 962. The van der Waals surface area contributed by atoms with E-state index < -0.39 is 15.9 Å². The van der Waals surface area contributed by atoms with Crippen LogP contribution >= 0.6 is 0 Å². The molecule has 0 aliphatic carbocycles. The first kappa shape index (κ1) is 16.3. The Balaban J connectivity index is 1.76. The van der Waals surface area contributed by atoms with Crippen LogP contribution in [0.4, 0.5) is 0 Å². The number of hydrogen-bond donors (Lipinski definition) is 0. The lowest BCUT2D eigenvalue weighted by atomic mass is 10.2. The van der Waals surface area contributed by atoms with Gasteiger partial charge in [-0.3, -0.25) is 4.79 Å². The van der Waals surface area contributed by atoms with Crippen molar-refractivity contribution >= 4 is 26.8 Å². The number of nitrogens with zero attached hydrogens (tertiary/aromatic N) is 2. The highest BCUT2D eigenvalue weighted by molar-refractivity contribution is 7.88. The summed E-state index contributed by atoms with van der Waals surface area (Å²) in [6.07, 6.45) is 1.79. The monoisotopic (exact) mass is 342 g/mol. The van der Waals surface area contributed by atoms with E-state index in [1.807, 2.05) is 36.4 Å². The van der Waals surface area contributed by atoms with Crippen LogP contribution in [0.3, 0.4) is 0 Å². The molecule has 0 aliphatic heterocycles. The molecule has 124 valence electrons. The number of sulfonamides is 1. The van der Waals surface area contributed by atoms with E-state index in [4.69, 9.17) is 0 Å². The zero-order chi connectivity index (χ0) is 17.2. The number of benzene rings is 2. The molecular formula is C18H18N2O3S. The first-order valence-corrected chi connectivity index (χ1v) is 9.15. The largest absolute Gasteiger partial charge is 0.338 e. The van der Waals surface area contributed by atoms with Crippen molar-refractivity contribution in [3.63, 3.8) is 0 Å². The summed E-state index contributed by atoms with van der Waals surface area (Å²) < 4.78 is 27.5. The molecule has 0 saturated carbocycles. The van der Waals surface area contributed by atoms with Gasteiger partial charge in [-0.1, -0.05) is 48.5 Å². The summed E-state index contributed by atoms with van der Waals surface area (Å²) in [6.45, 7) is -0.0158. The van der Waals surface area contributed by atoms with Crippen molar-refractivity contribution in [1.82, 2.24) is 8.87 Å². The third-order valence-electron chi connectivity index (χ3n) is 3.95. The summed E-state index contributed by atoms with van der Waals surface area (Å²) in [7, 11) is -2.39. The number of rotatable bonds is 5. The first-order chi connectivity index (χ1) is 11.5. The minimum Gasteiger partial charge on any atom is -0.338 e. The van der Waals surface area contributed by atoms with E-state index >= 15 is 0 Å². The van der Waals surface area contributed by atoms with Crippen LogP contribution < -0.4 is 0 Å². The van der Waals surface area contributed by atoms with Crippen LogP contribution in [0.25, 0.3) is 10.9 Å². The molecule has 2 aromatic carbocycles. The van der Waals surface area contributed by atoms with Crippen molar-refractivity contribution in [2.24, 2.45) is 0 Å². The summed E-state index contributed by atoms with van der Waals surface area (Å²) in [6, 6.07) is 18.4. The van der Waals surface area contributed by atoms with Crippen LogP contribution in [0.15, 0.2) is 66.9 Å². The highest BCUT2D eigenvalue weighted by atomic mass is 32.2. The van der Waals surface area contributed by atoms with Gasteiger partial charge in [-0.25, -0.2) is 12.7 Å². The molecule has 1 amide bonds. The molecule has 24 heavy (non-hydrogen) atoms. The molecule has 0 unspecified atom stereocenters. The third-order valence-corrected chi connectivity index (χ3v) is 5.68. The molecule has 1 heterocycles. The fraction of sp³-hybridized carbons (Fsp3) is 0.167. The molecule has 0 atom stereocenters. The molecule has 0 fully saturated rings. The van der Waals surface area contributed by atoms with E-state index in [-0.39, 0.29) is 12.3 Å². The van der Waals surface area contributed by atoms with Crippen molar-refractivity contribution in [2.75, 3.05) is 7.05 Å². The Morgan fingerprint density at radius 1 is 1.00 bits per heavy atom. The minimum atomic E-state index is -3.70. The number of aromatic nitrogens is 1. The molecule has 0 N–H and O–H groups in total. The smallest absolute Gasteiger partial charge is 0.255 e. The van der Waals surface area contributed by atoms with Gasteiger partial charge in [0.25, 0.3) is 5.91 Å². The molecule has 3 rings (SSSR count). The number of carbonyl (C=O) groups excluding carboxylic acids is 1. The second kappa shape index (κ2) is 6.49. The van der Waals surface area contributed by atoms with E-state index in [0.717, 1.165) is 15.2 Å². The van der Waals surface area contributed by atoms with Gasteiger partial charge in [0.15, 0.2) is 0 Å². The van der Waals surface area contributed by atoms with Crippen LogP contribution in [0.2, 0.25) is 0 Å². The highest BCUT2D eigenvalue weighted by Gasteiger charge is 2.24. The van der Waals surface area contributed by atoms with E-state index in [1.54, 1.807) is 35.0 Å². The molecule has 3 aromatic rings. The van der Waals surface area contributed by atoms with E-state index in [2.05, 4.69) is 0 Å². The van der Waals surface area contributed by atoms with Gasteiger partial charge in [0.2, 0.25) is 10.0 Å². The second-order valence-electron chi connectivity index (χ2n) is 5.61. The molecule has 0 saturated heterocycles. The van der Waals surface area contributed by atoms with Crippen molar-refractivity contribution in [3.8, 4) is 0 Å². The van der Waals surface area contributed by atoms with Crippen LogP contribution in [-0.2, 0) is 27.1 Å². The lowest BCUT2D eigenvalue weighted by molar-refractivity contribution is -0.126. The number of fused-ring (bicyclic) bond motifs is 1. The van der Waals surface area contributed by atoms with Gasteiger partial charge >= 0.3 is 0 Å². The SMILES string of the molecule is CN(C(=O)Cn1ccc2ccccc21)S(=O)(=O)Cc1ccccc1. The quantitative estimate of drug-likeness (QED) is 0.716. The van der Waals surface area contributed by atoms with Crippen LogP contribution in [0.5, 0.6) is 0 Å². The van der Waals surface area contributed by atoms with Crippen molar-refractivity contribution in [3.05, 3.63) is 72.4 Å². The summed E-state index contributed by atoms with van der Waals surface area (Å²) in [5.41, 5.74) is 1.56. The number of para-hydroxylation sites is 1. The van der Waals surface area contributed by atoms with E-state index in [9.17, 15) is 13.2 Å². The molecule has 0 bridgehead atoms. The zero-order valence-electron chi connectivity index (χ0n) is 13.3. The van der Waals surface area contributed by atoms with Gasteiger partial charge < -0.3 is 4.57 Å². The maximum atomic E-state index is 12.4. The van der Waals surface area contributed by atoms with Crippen LogP contribution in [0, 0.1) is 0 Å². The second-order valence-corrected chi connectivity index (χ2v) is 7.61. The standard InChI is InChI=1S/C18H18N2O3S/c1-19(24(22,23)14-15-7-3-2-4-8-15)18(21)13-20-12-11-16-9-5-6-10-17(16)20/h2-12H,13-14H2,1H3. The maximum Gasteiger partial charge on any atom is 0.255 e. The average Bonchev–Trinajstić information content (AvgIpc) is 2.98. The summed E-state index contributed by atoms with van der Waals surface area (Å²) in [4.78, 5) is 12.4. The number of amides is 1. The Morgan fingerprint density at radius 2 is 1.67 bits per heavy atom. The Hall–Kier alpha value is -2.60. The van der Waals surface area contributed by atoms with Gasteiger partial charge in [0.1, 0.15) is 6.54 Å². The van der Waals surface area contributed by atoms with Gasteiger partial charge in [0, 0.05) is 18.8 Å². The molecule has 5 nitrogen and oxygen atoms in total. The number of hydrogen-bond acceptors (Lipinski definition) is 3. The van der Waals surface area contributed by atoms with Crippen LogP contribution in [0.1, 0.15) is 5.56 Å². The van der Waals surface area contributed by atoms with Crippen molar-refractivity contribution in [1.29, 1.82) is 0 Å². The predicted octanol–water partition coefficient (Wildman–Crippen LogP) is 2.63. The molecule has 0 radical (unpaired) electrons. The van der Waals surface area contributed by atoms with Gasteiger partial charge in [0.05, 0.1) is 5.75 Å². The maximum absolute atomic E-state index is 12.4. The third kappa shape index (κ3) is 3.33. The van der Waals surface area contributed by atoms with Crippen molar-refractivity contribution in [2.45, 2.75) is 12.3 Å². The number of likely N-dealkylation sites (N-methyl/N-ethyl adjacent to an activating group) is 1. The molecular weight excluding hydrogens is 324 g/mol. The normalized spacial score (nSPS) is 11.5. The topological polar surface area (TPSA) is 59.4 Å². The fourth-order valence-corrected chi connectivity index (χ4v) is 3.74. The minimum absolute atomic E-state index is 0.0158. The van der Waals surface area contributed by atoms with E-state index in [1.165, 1.54) is 7.05 Å². The molecule has 1 aromatic heterocycles. The van der Waals surface area contributed by atoms with Crippen molar-refractivity contribution < 1.29 is 13.2 Å². The Kier molecular flexibility index (Phi) is 4.40. The highest BCUT2D eigenvalue weighted by Crippen LogP contribution is 2.16. The number of carbonyl (C=O) groups is 1. The summed E-state index contributed by atoms with van der Waals surface area (Å²) in [5, 5.41) is 1.01. The van der Waals surface area contributed by atoms with Crippen LogP contribution in [-0.4, -0.2) is 30.2 Å². The summed E-state index contributed by atoms with van der Waals surface area (Å²) >= 11 is 0. The molecule has 0 aliphatic rings. The zero-order valence-corrected chi connectivity index (χ0v) is 14.1. The Labute approximate surface area is 141 Å². The summed E-state index contributed by atoms with van der Waals surface area (Å²) in [5.74, 6) is -0.657. The first-order valence-electron chi connectivity index (χ1n) is 7.54. The van der Waals surface area contributed by atoms with Gasteiger partial charge in [-0.05, 0) is 23.1 Å². The Morgan fingerprint density at radius 3 is 2.42 bits per heavy atom. The van der Waals surface area contributed by atoms with Gasteiger partial charge in [-0.15, -0.1) is 0 Å². The predicted molar refractivity (Wildman–Crippen MR) is 93.8 cm³/mol. The lowest BCUT2D eigenvalue weighted by Gasteiger charge is -2.18. The molecule has 6 heteroatoms.